The lowest BCUT2D eigenvalue weighted by Crippen LogP contribution is -2.22. The number of nitrogens with two attached hydrogens (primary N) is 1. The van der Waals surface area contributed by atoms with Crippen molar-refractivity contribution in [3.05, 3.63) is 29.3 Å². The Morgan fingerprint density at radius 3 is 3.06 bits per heavy atom. The van der Waals surface area contributed by atoms with E-state index in [-0.39, 0.29) is 18.2 Å². The molecule has 18 heavy (non-hydrogen) atoms. The van der Waals surface area contributed by atoms with Crippen molar-refractivity contribution in [3.8, 4) is 5.75 Å². The van der Waals surface area contributed by atoms with Gasteiger partial charge in [0.25, 0.3) is 6.02 Å². The van der Waals surface area contributed by atoms with Gasteiger partial charge in [0, 0.05) is 11.4 Å². The Balaban J connectivity index is 1.93. The Morgan fingerprint density at radius 2 is 2.44 bits per heavy atom. The van der Waals surface area contributed by atoms with Gasteiger partial charge in [-0.3, -0.25) is 0 Å². The van der Waals surface area contributed by atoms with Gasteiger partial charge in [-0.2, -0.15) is 0 Å². The Bertz CT molecular complexity index is 437. The standard InChI is InChI=1S/C13H17ClN2O2/c1-2-11(7-10-8-17-13(15)16-10)18-12-5-3-4-9(14)6-12/h3-6,10-11H,2,7-8H2,1H3,(H2,15,16)/t10?,11-/m0/s1. The third-order valence-corrected chi connectivity index (χ3v) is 3.06. The van der Waals surface area contributed by atoms with Crippen LogP contribution < -0.4 is 10.5 Å². The number of ether oxygens (including phenoxy) is 2. The Labute approximate surface area is 112 Å². The molecule has 0 aliphatic carbocycles. The molecule has 0 saturated heterocycles. The molecule has 1 aromatic rings. The minimum Gasteiger partial charge on any atom is -0.490 e. The van der Waals surface area contributed by atoms with E-state index in [1.807, 2.05) is 24.3 Å². The summed E-state index contributed by atoms with van der Waals surface area (Å²) in [6, 6.07) is 7.78. The van der Waals surface area contributed by atoms with Crippen LogP contribution in [0.4, 0.5) is 0 Å². The molecule has 1 heterocycles. The number of hydrogen-bond donors (Lipinski definition) is 1. The van der Waals surface area contributed by atoms with Gasteiger partial charge in [-0.15, -0.1) is 0 Å². The number of halogens is 1. The van der Waals surface area contributed by atoms with Gasteiger partial charge in [0.15, 0.2) is 0 Å². The molecule has 4 nitrogen and oxygen atoms in total. The molecule has 2 atom stereocenters. The van der Waals surface area contributed by atoms with Crippen LogP contribution in [-0.4, -0.2) is 24.8 Å². The topological polar surface area (TPSA) is 56.8 Å². The van der Waals surface area contributed by atoms with Crippen molar-refractivity contribution < 1.29 is 9.47 Å². The maximum Gasteiger partial charge on any atom is 0.282 e. The molecule has 0 fully saturated rings. The zero-order valence-electron chi connectivity index (χ0n) is 10.3. The van der Waals surface area contributed by atoms with Crippen LogP contribution in [-0.2, 0) is 4.74 Å². The molecular weight excluding hydrogens is 252 g/mol. The molecule has 0 saturated carbocycles. The first-order valence-electron chi connectivity index (χ1n) is 6.05. The van der Waals surface area contributed by atoms with E-state index >= 15 is 0 Å². The minimum absolute atomic E-state index is 0.0896. The fraction of sp³-hybridized carbons (Fsp3) is 0.462. The van der Waals surface area contributed by atoms with Crippen LogP contribution in [0.25, 0.3) is 0 Å². The number of nitrogens with zero attached hydrogens (tertiary/aromatic N) is 1. The van der Waals surface area contributed by atoms with E-state index in [0.29, 0.717) is 11.6 Å². The molecule has 0 spiro atoms. The molecule has 0 radical (unpaired) electrons. The first-order valence-corrected chi connectivity index (χ1v) is 6.43. The van der Waals surface area contributed by atoms with Crippen LogP contribution in [0.1, 0.15) is 19.8 Å². The summed E-state index contributed by atoms with van der Waals surface area (Å²) in [5.41, 5.74) is 5.48. The average Bonchev–Trinajstić information content (AvgIpc) is 2.74. The third-order valence-electron chi connectivity index (χ3n) is 2.82. The molecule has 0 bridgehead atoms. The molecule has 2 rings (SSSR count). The van der Waals surface area contributed by atoms with Crippen molar-refractivity contribution in [1.29, 1.82) is 0 Å². The zero-order valence-corrected chi connectivity index (χ0v) is 11.1. The maximum atomic E-state index is 5.92. The van der Waals surface area contributed by atoms with Gasteiger partial charge in [0.05, 0.1) is 6.04 Å². The first kappa shape index (κ1) is 13.0. The largest absolute Gasteiger partial charge is 0.490 e. The van der Waals surface area contributed by atoms with Crippen LogP contribution in [0.15, 0.2) is 29.3 Å². The van der Waals surface area contributed by atoms with E-state index in [2.05, 4.69) is 11.9 Å². The van der Waals surface area contributed by atoms with Gasteiger partial charge in [0.2, 0.25) is 0 Å². The first-order chi connectivity index (χ1) is 8.67. The summed E-state index contributed by atoms with van der Waals surface area (Å²) < 4.78 is 11.0. The van der Waals surface area contributed by atoms with Crippen molar-refractivity contribution in [3.63, 3.8) is 0 Å². The molecule has 1 aliphatic rings. The molecule has 2 N–H and O–H groups in total. The van der Waals surface area contributed by atoms with Crippen LogP contribution in [0.3, 0.4) is 0 Å². The highest BCUT2D eigenvalue weighted by Gasteiger charge is 2.21. The van der Waals surface area contributed by atoms with Gasteiger partial charge in [-0.25, -0.2) is 4.99 Å². The number of rotatable bonds is 5. The number of amidine groups is 1. The van der Waals surface area contributed by atoms with E-state index < -0.39 is 0 Å². The van der Waals surface area contributed by atoms with Gasteiger partial charge >= 0.3 is 0 Å². The van der Waals surface area contributed by atoms with Crippen molar-refractivity contribution in [1.82, 2.24) is 0 Å². The maximum absolute atomic E-state index is 5.92. The molecule has 98 valence electrons. The lowest BCUT2D eigenvalue weighted by atomic mass is 10.1. The molecule has 1 aliphatic heterocycles. The summed E-state index contributed by atoms with van der Waals surface area (Å²) >= 11 is 5.92. The van der Waals surface area contributed by atoms with Gasteiger partial charge < -0.3 is 15.2 Å². The number of hydrogen-bond acceptors (Lipinski definition) is 4. The lowest BCUT2D eigenvalue weighted by molar-refractivity contribution is 0.168. The monoisotopic (exact) mass is 268 g/mol. The van der Waals surface area contributed by atoms with E-state index in [1.54, 1.807) is 0 Å². The van der Waals surface area contributed by atoms with Gasteiger partial charge in [-0.1, -0.05) is 24.6 Å². The Kier molecular flexibility index (Phi) is 4.31. The second-order valence-corrected chi connectivity index (χ2v) is 4.71. The zero-order chi connectivity index (χ0) is 13.0. The van der Waals surface area contributed by atoms with Crippen LogP contribution in [0.2, 0.25) is 5.02 Å². The van der Waals surface area contributed by atoms with Crippen LogP contribution in [0, 0.1) is 0 Å². The van der Waals surface area contributed by atoms with E-state index in [9.17, 15) is 0 Å². The predicted molar refractivity (Wildman–Crippen MR) is 72.1 cm³/mol. The molecule has 1 aromatic carbocycles. The van der Waals surface area contributed by atoms with Crippen LogP contribution in [0.5, 0.6) is 5.75 Å². The van der Waals surface area contributed by atoms with E-state index in [0.717, 1.165) is 18.6 Å². The smallest absolute Gasteiger partial charge is 0.282 e. The fourth-order valence-corrected chi connectivity index (χ4v) is 2.07. The minimum atomic E-state index is 0.0896. The lowest BCUT2D eigenvalue weighted by Gasteiger charge is -2.19. The van der Waals surface area contributed by atoms with Crippen LogP contribution >= 0.6 is 11.6 Å². The van der Waals surface area contributed by atoms with E-state index in [4.69, 9.17) is 26.8 Å². The fourth-order valence-electron chi connectivity index (χ4n) is 1.89. The van der Waals surface area contributed by atoms with Gasteiger partial charge in [-0.05, 0) is 24.6 Å². The normalized spacial score (nSPS) is 20.1. The quantitative estimate of drug-likeness (QED) is 0.893. The van der Waals surface area contributed by atoms with Crippen molar-refractivity contribution in [2.24, 2.45) is 10.7 Å². The highest BCUT2D eigenvalue weighted by atomic mass is 35.5. The molecule has 0 aromatic heterocycles. The molecule has 5 heteroatoms. The molecular formula is C13H17ClN2O2. The summed E-state index contributed by atoms with van der Waals surface area (Å²) in [7, 11) is 0. The summed E-state index contributed by atoms with van der Waals surface area (Å²) in [4.78, 5) is 4.20. The number of aliphatic imine (C=N–C) groups is 1. The second-order valence-electron chi connectivity index (χ2n) is 4.27. The Morgan fingerprint density at radius 1 is 1.61 bits per heavy atom. The SMILES string of the molecule is CC[C@@H](CC1COC(N)=N1)Oc1cccc(Cl)c1. The predicted octanol–water partition coefficient (Wildman–Crippen LogP) is 2.60. The van der Waals surface area contributed by atoms with Crippen molar-refractivity contribution in [2.45, 2.75) is 31.9 Å². The highest BCUT2D eigenvalue weighted by molar-refractivity contribution is 6.30. The third kappa shape index (κ3) is 3.53. The average molecular weight is 269 g/mol. The summed E-state index contributed by atoms with van der Waals surface area (Å²) in [5.74, 6) is 0.783. The highest BCUT2D eigenvalue weighted by Crippen LogP contribution is 2.21. The van der Waals surface area contributed by atoms with Gasteiger partial charge in [0.1, 0.15) is 18.5 Å². The number of benzene rings is 1. The molecule has 1 unspecified atom stereocenters. The van der Waals surface area contributed by atoms with E-state index in [1.165, 1.54) is 0 Å². The van der Waals surface area contributed by atoms with Crippen molar-refractivity contribution in [2.75, 3.05) is 6.61 Å². The molecule has 0 amide bonds. The Hall–Kier alpha value is -1.42. The van der Waals surface area contributed by atoms with Crippen molar-refractivity contribution >= 4 is 17.6 Å². The summed E-state index contributed by atoms with van der Waals surface area (Å²) in [6.45, 7) is 2.62. The summed E-state index contributed by atoms with van der Waals surface area (Å²) in [5, 5.41) is 0.675. The second kappa shape index (κ2) is 5.96. The summed E-state index contributed by atoms with van der Waals surface area (Å²) in [6.07, 6.45) is 1.79.